The Morgan fingerprint density at radius 2 is 1.00 bits per heavy atom. The molecule has 0 radical (unpaired) electrons. The van der Waals surface area contributed by atoms with Crippen molar-refractivity contribution < 1.29 is 38.2 Å². The molecule has 8 nitrogen and oxygen atoms in total. The van der Waals surface area contributed by atoms with Crippen molar-refractivity contribution in [2.75, 3.05) is 41.0 Å². The summed E-state index contributed by atoms with van der Waals surface area (Å²) in [7, 11) is 5.38. The number of esters is 2. The molecule has 2 unspecified atom stereocenters. The number of carbonyl (C=O) groups is 3. The van der Waals surface area contributed by atoms with Gasteiger partial charge in [0.1, 0.15) is 12.6 Å². The van der Waals surface area contributed by atoms with Crippen molar-refractivity contribution in [1.82, 2.24) is 0 Å². The molecule has 0 aliphatic carbocycles. The van der Waals surface area contributed by atoms with E-state index < -0.39 is 18.1 Å². The number of ether oxygens (including phenoxy) is 3. The molecule has 0 aromatic carbocycles. The summed E-state index contributed by atoms with van der Waals surface area (Å²) >= 11 is 0. The van der Waals surface area contributed by atoms with Gasteiger partial charge in [0.15, 0.2) is 6.10 Å². The SMILES string of the molecule is CCCCC/C=C/C/C=C/C/C=C/C/C=C/C/C=C/CCCCC(=O)OCC(COCCC(C(=O)[O-])[N+](C)(C)C)OC(=O)CCCCCCCCCC. The highest BCUT2D eigenvalue weighted by Gasteiger charge is 2.25. The van der Waals surface area contributed by atoms with Crippen LogP contribution in [-0.4, -0.2) is 75.5 Å². The molecule has 0 spiro atoms. The lowest BCUT2D eigenvalue weighted by Gasteiger charge is -2.34. The summed E-state index contributed by atoms with van der Waals surface area (Å²) in [6.07, 6.45) is 42.6. The van der Waals surface area contributed by atoms with E-state index >= 15 is 0 Å². The molecule has 0 saturated heterocycles. The average molecular weight is 744 g/mol. The highest BCUT2D eigenvalue weighted by molar-refractivity contribution is 5.70. The van der Waals surface area contributed by atoms with Gasteiger partial charge in [-0.1, -0.05) is 132 Å². The first kappa shape index (κ1) is 50.0. The fourth-order valence-corrected chi connectivity index (χ4v) is 5.62. The van der Waals surface area contributed by atoms with Gasteiger partial charge in [0.25, 0.3) is 0 Å². The van der Waals surface area contributed by atoms with Crippen LogP contribution in [0.25, 0.3) is 0 Å². The van der Waals surface area contributed by atoms with Crippen molar-refractivity contribution >= 4 is 17.9 Å². The Hall–Kier alpha value is -2.97. The summed E-state index contributed by atoms with van der Waals surface area (Å²) in [5.74, 6) is -1.80. The number of carbonyl (C=O) groups excluding carboxylic acids is 3. The third-order valence-corrected chi connectivity index (χ3v) is 8.91. The van der Waals surface area contributed by atoms with Crippen LogP contribution in [0.3, 0.4) is 0 Å². The Balaban J connectivity index is 4.37. The molecular formula is C45H77NO7. The second kappa shape index (κ2) is 36.0. The highest BCUT2D eigenvalue weighted by atomic mass is 16.6. The van der Waals surface area contributed by atoms with Crippen molar-refractivity contribution in [3.8, 4) is 0 Å². The maximum atomic E-state index is 12.6. The zero-order valence-corrected chi connectivity index (χ0v) is 34.4. The number of rotatable bonds is 36. The van der Waals surface area contributed by atoms with E-state index in [2.05, 4.69) is 74.6 Å². The smallest absolute Gasteiger partial charge is 0.306 e. The number of nitrogens with zero attached hydrogens (tertiary/aromatic N) is 1. The minimum Gasteiger partial charge on any atom is -0.544 e. The van der Waals surface area contributed by atoms with Crippen LogP contribution in [0.15, 0.2) is 60.8 Å². The predicted molar refractivity (Wildman–Crippen MR) is 217 cm³/mol. The lowest BCUT2D eigenvalue weighted by atomic mass is 10.1. The maximum absolute atomic E-state index is 12.6. The molecule has 0 aromatic rings. The van der Waals surface area contributed by atoms with E-state index in [1.807, 2.05) is 0 Å². The van der Waals surface area contributed by atoms with Crippen LogP contribution in [0.5, 0.6) is 0 Å². The van der Waals surface area contributed by atoms with E-state index in [4.69, 9.17) is 14.2 Å². The number of allylic oxidation sites excluding steroid dienone is 10. The number of carboxylic acids is 1. The molecule has 0 aliphatic heterocycles. The molecule has 0 rings (SSSR count). The van der Waals surface area contributed by atoms with E-state index in [0.29, 0.717) is 19.3 Å². The van der Waals surface area contributed by atoms with E-state index in [0.717, 1.165) is 57.8 Å². The first-order chi connectivity index (χ1) is 25.6. The predicted octanol–water partition coefficient (Wildman–Crippen LogP) is 9.69. The molecule has 0 N–H and O–H groups in total. The number of likely N-dealkylation sites (N-methyl/N-ethyl adjacent to an activating group) is 1. The highest BCUT2D eigenvalue weighted by Crippen LogP contribution is 2.12. The number of carboxylic acid groups (broad SMARTS) is 1. The third-order valence-electron chi connectivity index (χ3n) is 8.91. The van der Waals surface area contributed by atoms with Gasteiger partial charge < -0.3 is 28.6 Å². The number of unbranched alkanes of at least 4 members (excludes halogenated alkanes) is 12. The summed E-state index contributed by atoms with van der Waals surface area (Å²) in [5, 5.41) is 11.6. The summed E-state index contributed by atoms with van der Waals surface area (Å²) < 4.78 is 17.0. The normalized spacial score (nSPS) is 13.6. The van der Waals surface area contributed by atoms with Gasteiger partial charge in [-0.05, 0) is 64.2 Å². The summed E-state index contributed by atoms with van der Waals surface area (Å²) in [4.78, 5) is 36.6. The Bertz CT molecular complexity index is 1050. The van der Waals surface area contributed by atoms with Crippen molar-refractivity contribution in [2.45, 2.75) is 167 Å². The quantitative estimate of drug-likeness (QED) is 0.0273. The van der Waals surface area contributed by atoms with Crippen LogP contribution in [0.1, 0.15) is 155 Å². The van der Waals surface area contributed by atoms with Gasteiger partial charge in [-0.25, -0.2) is 0 Å². The lowest BCUT2D eigenvalue weighted by molar-refractivity contribution is -0.889. The Labute approximate surface area is 324 Å². The van der Waals surface area contributed by atoms with Gasteiger partial charge in [-0.3, -0.25) is 9.59 Å². The molecule has 0 fully saturated rings. The molecule has 0 aliphatic rings. The number of quaternary nitrogens is 1. The molecule has 0 aromatic heterocycles. The zero-order valence-electron chi connectivity index (χ0n) is 34.4. The lowest BCUT2D eigenvalue weighted by Crippen LogP contribution is -2.55. The molecule has 2 atom stereocenters. The molecule has 0 heterocycles. The number of hydrogen-bond acceptors (Lipinski definition) is 7. The van der Waals surface area contributed by atoms with Gasteiger partial charge in [-0.15, -0.1) is 0 Å². The van der Waals surface area contributed by atoms with E-state index in [1.54, 1.807) is 21.1 Å². The molecular weight excluding hydrogens is 666 g/mol. The van der Waals surface area contributed by atoms with Crippen molar-refractivity contribution in [3.05, 3.63) is 60.8 Å². The minimum absolute atomic E-state index is 0.0254. The van der Waals surface area contributed by atoms with E-state index in [9.17, 15) is 19.5 Å². The first-order valence-corrected chi connectivity index (χ1v) is 20.8. The zero-order chi connectivity index (χ0) is 39.3. The van der Waals surface area contributed by atoms with E-state index in [1.165, 1.54) is 57.8 Å². The largest absolute Gasteiger partial charge is 0.544 e. The summed E-state index contributed by atoms with van der Waals surface area (Å²) in [5.41, 5.74) is 0. The molecule has 0 amide bonds. The van der Waals surface area contributed by atoms with Gasteiger partial charge >= 0.3 is 11.9 Å². The Morgan fingerprint density at radius 1 is 0.566 bits per heavy atom. The molecule has 0 bridgehead atoms. The van der Waals surface area contributed by atoms with E-state index in [-0.39, 0.29) is 42.7 Å². The molecule has 0 saturated carbocycles. The number of hydrogen-bond donors (Lipinski definition) is 0. The van der Waals surface area contributed by atoms with Crippen LogP contribution < -0.4 is 5.11 Å². The van der Waals surface area contributed by atoms with Crippen LogP contribution in [-0.2, 0) is 28.6 Å². The maximum Gasteiger partial charge on any atom is 0.306 e. The van der Waals surface area contributed by atoms with Gasteiger partial charge in [-0.2, -0.15) is 0 Å². The molecule has 8 heteroatoms. The van der Waals surface area contributed by atoms with Crippen LogP contribution in [0.2, 0.25) is 0 Å². The van der Waals surface area contributed by atoms with Crippen LogP contribution in [0.4, 0.5) is 0 Å². The third kappa shape index (κ3) is 34.5. The van der Waals surface area contributed by atoms with Gasteiger partial charge in [0, 0.05) is 19.3 Å². The molecule has 304 valence electrons. The Kier molecular flexibility index (Phi) is 34.0. The monoisotopic (exact) mass is 744 g/mol. The van der Waals surface area contributed by atoms with Crippen molar-refractivity contribution in [1.29, 1.82) is 0 Å². The second-order valence-corrected chi connectivity index (χ2v) is 14.9. The summed E-state index contributed by atoms with van der Waals surface area (Å²) in [6.45, 7) is 4.53. The fourth-order valence-electron chi connectivity index (χ4n) is 5.62. The molecule has 53 heavy (non-hydrogen) atoms. The van der Waals surface area contributed by atoms with Crippen LogP contribution in [0, 0.1) is 0 Å². The minimum atomic E-state index is -1.13. The summed E-state index contributed by atoms with van der Waals surface area (Å²) in [6, 6.07) is -0.732. The van der Waals surface area contributed by atoms with Gasteiger partial charge in [0.05, 0.1) is 40.3 Å². The number of aliphatic carboxylic acids is 1. The fraction of sp³-hybridized carbons (Fsp3) is 0.711. The first-order valence-electron chi connectivity index (χ1n) is 20.8. The standard InChI is InChI=1S/C45H77NO7/c1-6-8-10-12-14-16-17-18-19-20-21-22-23-24-25-26-27-28-30-31-33-35-43(47)52-40-41(39-51-38-37-42(45(49)50)46(3,4)5)53-44(48)36-34-32-29-15-13-11-9-7-2/h14,16,18-19,21-22,24-25,27-28,41-42H,6-13,15,17,20,23,26,29-40H2,1-5H3/b16-14+,19-18+,22-21+,25-24+,28-27+. The second-order valence-electron chi connectivity index (χ2n) is 14.9. The van der Waals surface area contributed by atoms with Crippen molar-refractivity contribution in [3.63, 3.8) is 0 Å². The van der Waals surface area contributed by atoms with Gasteiger partial charge in [0.2, 0.25) is 0 Å². The van der Waals surface area contributed by atoms with Crippen LogP contribution >= 0.6 is 0 Å². The average Bonchev–Trinajstić information content (AvgIpc) is 3.11. The topological polar surface area (TPSA) is 102 Å². The Morgan fingerprint density at radius 3 is 1.51 bits per heavy atom. The van der Waals surface area contributed by atoms with Crippen molar-refractivity contribution in [2.24, 2.45) is 0 Å².